The summed E-state index contributed by atoms with van der Waals surface area (Å²) in [7, 11) is 0. The van der Waals surface area contributed by atoms with Crippen molar-refractivity contribution in [1.82, 2.24) is 0 Å². The molecule has 0 saturated carbocycles. The Balaban J connectivity index is -0.000000605. The molecule has 0 aliphatic heterocycles. The van der Waals surface area contributed by atoms with E-state index in [1.807, 2.05) is 0 Å². The zero-order valence-electron chi connectivity index (χ0n) is 7.50. The summed E-state index contributed by atoms with van der Waals surface area (Å²) in [5.41, 5.74) is -1.66. The Hall–Kier alpha value is 1.58. The van der Waals surface area contributed by atoms with Crippen LogP contribution in [0.25, 0.3) is 0 Å². The average molecular weight is 238 g/mol. The van der Waals surface area contributed by atoms with Gasteiger partial charge in [-0.3, -0.25) is 9.59 Å². The standard InChI is InChI=1S/C8H14O4.K.Na.2H/c1-4-5(2)8(3,6(9)10)7(11)12;;;;/h5H,4H2,1-3H3,(H,9,10)(H,11,12);;;;. The van der Waals surface area contributed by atoms with E-state index in [-0.39, 0.29) is 86.9 Å². The second-order valence-corrected chi connectivity index (χ2v) is 3.12. The van der Waals surface area contributed by atoms with E-state index < -0.39 is 17.4 Å². The third kappa shape index (κ3) is 4.61. The van der Waals surface area contributed by atoms with Gasteiger partial charge in [0.25, 0.3) is 0 Å². The van der Waals surface area contributed by atoms with Gasteiger partial charge in [0.05, 0.1) is 0 Å². The minimum absolute atomic E-state index is 0. The number of carbonyl (C=O) groups is 2. The van der Waals surface area contributed by atoms with E-state index in [2.05, 4.69) is 0 Å². The van der Waals surface area contributed by atoms with E-state index in [0.29, 0.717) is 6.42 Å². The monoisotopic (exact) mass is 238 g/mol. The molecule has 0 aliphatic carbocycles. The van der Waals surface area contributed by atoms with Crippen LogP contribution >= 0.6 is 0 Å². The molecular formula is C8H16KNaO4. The van der Waals surface area contributed by atoms with Crippen molar-refractivity contribution in [3.05, 3.63) is 0 Å². The predicted octanol–water partition coefficient (Wildman–Crippen LogP) is -0.0890. The van der Waals surface area contributed by atoms with E-state index in [1.54, 1.807) is 13.8 Å². The van der Waals surface area contributed by atoms with Gasteiger partial charge >= 0.3 is 92.9 Å². The fourth-order valence-corrected chi connectivity index (χ4v) is 0.921. The number of hydrogen-bond acceptors (Lipinski definition) is 2. The van der Waals surface area contributed by atoms with Crippen LogP contribution in [0.3, 0.4) is 0 Å². The van der Waals surface area contributed by atoms with Crippen molar-refractivity contribution in [3.8, 4) is 0 Å². The Morgan fingerprint density at radius 2 is 1.57 bits per heavy atom. The van der Waals surface area contributed by atoms with Crippen LogP contribution in [0.5, 0.6) is 0 Å². The third-order valence-corrected chi connectivity index (χ3v) is 2.49. The summed E-state index contributed by atoms with van der Waals surface area (Å²) in [6.45, 7) is 4.64. The second kappa shape index (κ2) is 8.70. The van der Waals surface area contributed by atoms with Gasteiger partial charge in [-0.15, -0.1) is 0 Å². The summed E-state index contributed by atoms with van der Waals surface area (Å²) in [6.07, 6.45) is 0.537. The number of aliphatic carboxylic acids is 2. The molecule has 0 heterocycles. The first kappa shape index (κ1) is 20.9. The summed E-state index contributed by atoms with van der Waals surface area (Å²) in [5, 5.41) is 17.4. The molecule has 0 fully saturated rings. The zero-order chi connectivity index (χ0) is 9.94. The number of carboxylic acids is 2. The molecule has 0 amide bonds. The van der Waals surface area contributed by atoms with Crippen molar-refractivity contribution in [2.45, 2.75) is 27.2 Å². The third-order valence-electron chi connectivity index (χ3n) is 2.49. The van der Waals surface area contributed by atoms with Crippen LogP contribution in [0.15, 0.2) is 0 Å². The van der Waals surface area contributed by atoms with Crippen molar-refractivity contribution in [1.29, 1.82) is 0 Å². The van der Waals surface area contributed by atoms with E-state index in [4.69, 9.17) is 10.2 Å². The molecule has 2 N–H and O–H groups in total. The normalized spacial score (nSPS) is 11.9. The Labute approximate surface area is 149 Å². The first-order valence-corrected chi connectivity index (χ1v) is 3.84. The molecule has 0 rings (SSSR count). The average Bonchev–Trinajstić information content (AvgIpc) is 2.00. The van der Waals surface area contributed by atoms with Crippen molar-refractivity contribution in [2.24, 2.45) is 11.3 Å². The number of hydrogen-bond donors (Lipinski definition) is 2. The predicted molar refractivity (Wildman–Crippen MR) is 57.1 cm³/mol. The molecule has 1 atom stereocenters. The summed E-state index contributed by atoms with van der Waals surface area (Å²) in [5.74, 6) is -2.92. The Bertz CT molecular complexity index is 194. The van der Waals surface area contributed by atoms with E-state index in [1.165, 1.54) is 6.92 Å². The van der Waals surface area contributed by atoms with Gasteiger partial charge in [-0.05, 0) is 12.8 Å². The van der Waals surface area contributed by atoms with Gasteiger partial charge in [-0.1, -0.05) is 20.3 Å². The van der Waals surface area contributed by atoms with Crippen molar-refractivity contribution in [3.63, 3.8) is 0 Å². The minimum atomic E-state index is -1.66. The molecule has 0 aromatic heterocycles. The quantitative estimate of drug-likeness (QED) is 0.530. The zero-order valence-corrected chi connectivity index (χ0v) is 7.50. The molecule has 0 saturated heterocycles. The maximum atomic E-state index is 10.7. The van der Waals surface area contributed by atoms with Crippen molar-refractivity contribution in [2.75, 3.05) is 0 Å². The molecular weight excluding hydrogens is 222 g/mol. The van der Waals surface area contributed by atoms with Gasteiger partial charge in [0, 0.05) is 0 Å². The molecule has 74 valence electrons. The first-order valence-electron chi connectivity index (χ1n) is 3.84. The van der Waals surface area contributed by atoms with E-state index in [9.17, 15) is 9.59 Å². The topological polar surface area (TPSA) is 74.6 Å². The van der Waals surface area contributed by atoms with E-state index in [0.717, 1.165) is 0 Å². The Morgan fingerprint density at radius 3 is 1.64 bits per heavy atom. The first-order chi connectivity index (χ1) is 5.37. The molecule has 6 heteroatoms. The molecule has 0 bridgehead atoms. The SMILES string of the molecule is CCC(C)C(C)(C(=O)O)C(=O)O.[KH].[NaH]. The summed E-state index contributed by atoms with van der Waals surface area (Å²) >= 11 is 0. The molecule has 0 radical (unpaired) electrons. The van der Waals surface area contributed by atoms with E-state index >= 15 is 0 Å². The van der Waals surface area contributed by atoms with Crippen molar-refractivity contribution >= 4 is 92.9 Å². The summed E-state index contributed by atoms with van der Waals surface area (Å²) < 4.78 is 0. The van der Waals surface area contributed by atoms with Crippen LogP contribution in [-0.4, -0.2) is 103 Å². The number of rotatable bonds is 4. The summed E-state index contributed by atoms with van der Waals surface area (Å²) in [6, 6.07) is 0. The van der Waals surface area contributed by atoms with Crippen molar-refractivity contribution < 1.29 is 19.8 Å². The molecule has 14 heavy (non-hydrogen) atoms. The number of carboxylic acid groups (broad SMARTS) is 2. The van der Waals surface area contributed by atoms with Gasteiger partial charge in [-0.25, -0.2) is 0 Å². The van der Waals surface area contributed by atoms with Crippen LogP contribution in [-0.2, 0) is 9.59 Å². The van der Waals surface area contributed by atoms with Gasteiger partial charge < -0.3 is 10.2 Å². The molecule has 0 aliphatic rings. The molecule has 4 nitrogen and oxygen atoms in total. The molecule has 1 unspecified atom stereocenters. The molecule has 0 spiro atoms. The fourth-order valence-electron chi connectivity index (χ4n) is 0.921. The van der Waals surface area contributed by atoms with Crippen LogP contribution in [0.2, 0.25) is 0 Å². The summed E-state index contributed by atoms with van der Waals surface area (Å²) in [4.78, 5) is 21.4. The van der Waals surface area contributed by atoms with Gasteiger partial charge in [0.1, 0.15) is 0 Å². The van der Waals surface area contributed by atoms with Gasteiger partial charge in [-0.2, -0.15) is 0 Å². The second-order valence-electron chi connectivity index (χ2n) is 3.12. The van der Waals surface area contributed by atoms with Crippen LogP contribution in [0.4, 0.5) is 0 Å². The van der Waals surface area contributed by atoms with Crippen LogP contribution in [0.1, 0.15) is 27.2 Å². The Kier molecular flexibility index (Phi) is 13.0. The van der Waals surface area contributed by atoms with Gasteiger partial charge in [0.15, 0.2) is 5.41 Å². The molecule has 0 aromatic rings. The van der Waals surface area contributed by atoms with Crippen LogP contribution in [0, 0.1) is 11.3 Å². The molecule has 0 aromatic carbocycles. The Morgan fingerprint density at radius 1 is 1.29 bits per heavy atom. The maximum absolute atomic E-state index is 10.7. The van der Waals surface area contributed by atoms with Crippen LogP contribution < -0.4 is 0 Å². The van der Waals surface area contributed by atoms with Gasteiger partial charge in [0.2, 0.25) is 0 Å². The fraction of sp³-hybridized carbons (Fsp3) is 0.750.